The van der Waals surface area contributed by atoms with Gasteiger partial charge in [-0.2, -0.15) is 0 Å². The number of fused-ring (bicyclic) bond motifs is 1. The zero-order valence-electron chi connectivity index (χ0n) is 9.60. The Kier molecular flexibility index (Phi) is 3.12. The number of rotatable bonds is 3. The van der Waals surface area contributed by atoms with Crippen LogP contribution in [0.25, 0.3) is 11.0 Å². The van der Waals surface area contributed by atoms with Gasteiger partial charge in [-0.15, -0.1) is 11.3 Å². The van der Waals surface area contributed by atoms with Crippen LogP contribution in [0.15, 0.2) is 46.2 Å². The molecule has 1 aromatic carbocycles. The molecule has 2 aromatic heterocycles. The lowest BCUT2D eigenvalue weighted by atomic mass is 10.1. The maximum atomic E-state index is 6.17. The fourth-order valence-electron chi connectivity index (χ4n) is 1.98. The van der Waals surface area contributed by atoms with Gasteiger partial charge in [-0.05, 0) is 23.6 Å². The Balaban J connectivity index is 1.92. The molecule has 0 aliphatic rings. The molecule has 0 spiro atoms. The first-order chi connectivity index (χ1) is 8.74. The molecular formula is C14H12ClNOS. The lowest BCUT2D eigenvalue weighted by Gasteiger charge is -2.06. The van der Waals surface area contributed by atoms with Crippen molar-refractivity contribution in [1.29, 1.82) is 0 Å². The van der Waals surface area contributed by atoms with E-state index >= 15 is 0 Å². The summed E-state index contributed by atoms with van der Waals surface area (Å²) in [6.45, 7) is 0. The molecule has 3 rings (SSSR count). The zero-order chi connectivity index (χ0) is 12.5. The summed E-state index contributed by atoms with van der Waals surface area (Å²) in [5.41, 5.74) is 6.89. The predicted molar refractivity (Wildman–Crippen MR) is 76.2 cm³/mol. The molecule has 0 saturated carbocycles. The zero-order valence-corrected chi connectivity index (χ0v) is 11.2. The smallest absolute Gasteiger partial charge is 0.152 e. The third-order valence-electron chi connectivity index (χ3n) is 2.88. The van der Waals surface area contributed by atoms with E-state index in [4.69, 9.17) is 21.8 Å². The first-order valence-electron chi connectivity index (χ1n) is 5.70. The van der Waals surface area contributed by atoms with Gasteiger partial charge < -0.3 is 10.2 Å². The Morgan fingerprint density at radius 2 is 2.17 bits per heavy atom. The Hall–Kier alpha value is -1.29. The SMILES string of the molecule is NC(Cc1cccs1)c1cc2cccc(Cl)c2o1. The van der Waals surface area contributed by atoms with E-state index in [0.717, 1.165) is 23.2 Å². The van der Waals surface area contributed by atoms with Gasteiger partial charge in [-0.3, -0.25) is 0 Å². The second-order valence-electron chi connectivity index (χ2n) is 4.20. The van der Waals surface area contributed by atoms with Crippen molar-refractivity contribution >= 4 is 33.9 Å². The summed E-state index contributed by atoms with van der Waals surface area (Å²) in [6.07, 6.45) is 0.787. The van der Waals surface area contributed by atoms with E-state index in [1.807, 2.05) is 30.3 Å². The molecule has 92 valence electrons. The average Bonchev–Trinajstić information content (AvgIpc) is 2.97. The number of benzene rings is 1. The molecule has 0 aliphatic carbocycles. The monoisotopic (exact) mass is 277 g/mol. The Labute approximate surface area is 114 Å². The number of hydrogen-bond donors (Lipinski definition) is 1. The lowest BCUT2D eigenvalue weighted by Crippen LogP contribution is -2.11. The van der Waals surface area contributed by atoms with Crippen molar-refractivity contribution in [3.05, 3.63) is 57.4 Å². The minimum Gasteiger partial charge on any atom is -0.458 e. The number of nitrogens with two attached hydrogens (primary N) is 1. The van der Waals surface area contributed by atoms with Gasteiger partial charge in [0.1, 0.15) is 5.76 Å². The van der Waals surface area contributed by atoms with Crippen LogP contribution in [0, 0.1) is 0 Å². The minimum atomic E-state index is -0.132. The van der Waals surface area contributed by atoms with Crippen LogP contribution in [0.4, 0.5) is 0 Å². The fraction of sp³-hybridized carbons (Fsp3) is 0.143. The molecule has 0 radical (unpaired) electrons. The van der Waals surface area contributed by atoms with Gasteiger partial charge in [0.2, 0.25) is 0 Å². The maximum absolute atomic E-state index is 6.17. The molecule has 0 amide bonds. The van der Waals surface area contributed by atoms with E-state index in [-0.39, 0.29) is 6.04 Å². The molecule has 0 fully saturated rings. The molecular weight excluding hydrogens is 266 g/mol. The Bertz CT molecular complexity index is 660. The summed E-state index contributed by atoms with van der Waals surface area (Å²) >= 11 is 7.79. The van der Waals surface area contributed by atoms with Gasteiger partial charge in [-0.1, -0.05) is 29.8 Å². The van der Waals surface area contributed by atoms with Crippen LogP contribution in [-0.2, 0) is 6.42 Å². The first-order valence-corrected chi connectivity index (χ1v) is 6.96. The van der Waals surface area contributed by atoms with Crippen molar-refractivity contribution in [2.75, 3.05) is 0 Å². The van der Waals surface area contributed by atoms with Crippen molar-refractivity contribution in [2.45, 2.75) is 12.5 Å². The molecule has 1 atom stereocenters. The minimum absolute atomic E-state index is 0.132. The number of hydrogen-bond acceptors (Lipinski definition) is 3. The molecule has 18 heavy (non-hydrogen) atoms. The van der Waals surface area contributed by atoms with E-state index in [1.165, 1.54) is 4.88 Å². The Morgan fingerprint density at radius 1 is 1.28 bits per heavy atom. The van der Waals surface area contributed by atoms with E-state index < -0.39 is 0 Å². The average molecular weight is 278 g/mol. The van der Waals surface area contributed by atoms with E-state index in [0.29, 0.717) is 5.02 Å². The second kappa shape index (κ2) is 4.76. The highest BCUT2D eigenvalue weighted by atomic mass is 35.5. The predicted octanol–water partition coefficient (Wildman–Crippen LogP) is 4.39. The largest absolute Gasteiger partial charge is 0.458 e. The summed E-state index contributed by atoms with van der Waals surface area (Å²) in [5.74, 6) is 0.784. The second-order valence-corrected chi connectivity index (χ2v) is 5.64. The van der Waals surface area contributed by atoms with E-state index in [2.05, 4.69) is 11.4 Å². The molecule has 0 saturated heterocycles. The van der Waals surface area contributed by atoms with E-state index in [1.54, 1.807) is 11.3 Å². The van der Waals surface area contributed by atoms with Crippen LogP contribution < -0.4 is 5.73 Å². The van der Waals surface area contributed by atoms with Gasteiger partial charge in [-0.25, -0.2) is 0 Å². The fourth-order valence-corrected chi connectivity index (χ4v) is 2.96. The van der Waals surface area contributed by atoms with Crippen LogP contribution >= 0.6 is 22.9 Å². The van der Waals surface area contributed by atoms with Gasteiger partial charge in [0.15, 0.2) is 5.58 Å². The van der Waals surface area contributed by atoms with Crippen molar-refractivity contribution in [1.82, 2.24) is 0 Å². The molecule has 4 heteroatoms. The van der Waals surface area contributed by atoms with Crippen LogP contribution in [0.2, 0.25) is 5.02 Å². The van der Waals surface area contributed by atoms with Crippen molar-refractivity contribution < 1.29 is 4.42 Å². The summed E-state index contributed by atoms with van der Waals surface area (Å²) < 4.78 is 5.76. The Morgan fingerprint density at radius 3 is 2.89 bits per heavy atom. The van der Waals surface area contributed by atoms with Gasteiger partial charge in [0, 0.05) is 16.7 Å². The van der Waals surface area contributed by atoms with Gasteiger partial charge >= 0.3 is 0 Å². The van der Waals surface area contributed by atoms with Crippen molar-refractivity contribution in [3.63, 3.8) is 0 Å². The molecule has 0 aliphatic heterocycles. The van der Waals surface area contributed by atoms with E-state index in [9.17, 15) is 0 Å². The summed E-state index contributed by atoms with van der Waals surface area (Å²) in [7, 11) is 0. The maximum Gasteiger partial charge on any atom is 0.152 e. The number of thiophene rings is 1. The molecule has 0 bridgehead atoms. The molecule has 2 N–H and O–H groups in total. The third kappa shape index (κ3) is 2.17. The molecule has 2 nitrogen and oxygen atoms in total. The summed E-state index contributed by atoms with van der Waals surface area (Å²) in [4.78, 5) is 1.26. The highest BCUT2D eigenvalue weighted by molar-refractivity contribution is 7.09. The van der Waals surface area contributed by atoms with Gasteiger partial charge in [0.25, 0.3) is 0 Å². The van der Waals surface area contributed by atoms with Crippen molar-refractivity contribution in [2.24, 2.45) is 5.73 Å². The number of halogens is 1. The highest BCUT2D eigenvalue weighted by Crippen LogP contribution is 2.30. The van der Waals surface area contributed by atoms with Crippen LogP contribution in [-0.4, -0.2) is 0 Å². The van der Waals surface area contributed by atoms with Crippen molar-refractivity contribution in [3.8, 4) is 0 Å². The van der Waals surface area contributed by atoms with Gasteiger partial charge in [0.05, 0.1) is 11.1 Å². The molecule has 1 unspecified atom stereocenters. The standard InChI is InChI=1S/C14H12ClNOS/c15-11-5-1-3-9-7-13(17-14(9)11)12(16)8-10-4-2-6-18-10/h1-7,12H,8,16H2. The quantitative estimate of drug-likeness (QED) is 0.771. The summed E-state index contributed by atoms with van der Waals surface area (Å²) in [6, 6.07) is 11.7. The normalized spacial score (nSPS) is 13.0. The topological polar surface area (TPSA) is 39.2 Å². The highest BCUT2D eigenvalue weighted by Gasteiger charge is 2.14. The number of furan rings is 1. The summed E-state index contributed by atoms with van der Waals surface area (Å²) in [5, 5.41) is 3.68. The van der Waals surface area contributed by atoms with Crippen LogP contribution in [0.5, 0.6) is 0 Å². The number of para-hydroxylation sites is 1. The lowest BCUT2D eigenvalue weighted by molar-refractivity contribution is 0.495. The van der Waals surface area contributed by atoms with Crippen LogP contribution in [0.1, 0.15) is 16.7 Å². The third-order valence-corrected chi connectivity index (χ3v) is 4.08. The molecule has 2 heterocycles. The first kappa shape index (κ1) is 11.8. The van der Waals surface area contributed by atoms with Crippen LogP contribution in [0.3, 0.4) is 0 Å². The molecule has 3 aromatic rings.